The molecule has 112 valence electrons. The first kappa shape index (κ1) is 13.3. The number of nitrogens with zero attached hydrogens (tertiary/aromatic N) is 3. The van der Waals surface area contributed by atoms with Crippen molar-refractivity contribution in [2.45, 2.75) is 51.6 Å². The zero-order valence-electron chi connectivity index (χ0n) is 12.8. The van der Waals surface area contributed by atoms with Crippen molar-refractivity contribution < 1.29 is 0 Å². The number of aromatic nitrogens is 2. The normalized spacial score (nSPS) is 20.8. The molecule has 0 unspecified atom stereocenters. The van der Waals surface area contributed by atoms with Gasteiger partial charge in [-0.15, -0.1) is 0 Å². The fraction of sp³-hybridized carbons (Fsp3) is 0.611. The van der Waals surface area contributed by atoms with E-state index in [0.717, 1.165) is 12.5 Å². The highest BCUT2D eigenvalue weighted by Gasteiger charge is 2.21. The molecule has 0 spiro atoms. The standard InChI is InChI=1S/C18H25N3/c1-2-8-15(7-1)13-21-17-10-4-3-9-16(17)19-18(21)14-20-11-5-6-12-20/h3-4,9-10,15H,1-2,5-8,11-14H2. The first-order valence-electron chi connectivity index (χ1n) is 8.56. The average Bonchev–Trinajstić information content (AvgIpc) is 3.23. The van der Waals surface area contributed by atoms with Gasteiger partial charge < -0.3 is 4.57 Å². The van der Waals surface area contributed by atoms with Crippen LogP contribution in [0.4, 0.5) is 0 Å². The van der Waals surface area contributed by atoms with Gasteiger partial charge in [0.1, 0.15) is 5.82 Å². The Hall–Kier alpha value is -1.35. The minimum Gasteiger partial charge on any atom is -0.327 e. The maximum atomic E-state index is 4.94. The Morgan fingerprint density at radius 2 is 1.76 bits per heavy atom. The van der Waals surface area contributed by atoms with Crippen LogP contribution < -0.4 is 0 Å². The Bertz CT molecular complexity index is 604. The van der Waals surface area contributed by atoms with Gasteiger partial charge in [-0.2, -0.15) is 0 Å². The molecule has 1 aromatic heterocycles. The van der Waals surface area contributed by atoms with Crippen LogP contribution in [0.15, 0.2) is 24.3 Å². The Balaban J connectivity index is 1.65. The van der Waals surface area contributed by atoms with Gasteiger partial charge in [-0.25, -0.2) is 4.98 Å². The molecule has 1 saturated heterocycles. The van der Waals surface area contributed by atoms with Crippen molar-refractivity contribution in [3.63, 3.8) is 0 Å². The second-order valence-electron chi connectivity index (χ2n) is 6.76. The maximum Gasteiger partial charge on any atom is 0.124 e. The van der Waals surface area contributed by atoms with E-state index in [1.807, 2.05) is 0 Å². The van der Waals surface area contributed by atoms with Gasteiger partial charge in [-0.05, 0) is 56.8 Å². The largest absolute Gasteiger partial charge is 0.327 e. The lowest BCUT2D eigenvalue weighted by atomic mass is 10.1. The Morgan fingerprint density at radius 3 is 2.57 bits per heavy atom. The van der Waals surface area contributed by atoms with E-state index in [0.29, 0.717) is 0 Å². The number of benzene rings is 1. The molecule has 1 aromatic carbocycles. The molecule has 3 nitrogen and oxygen atoms in total. The van der Waals surface area contributed by atoms with Crippen molar-refractivity contribution in [1.82, 2.24) is 14.5 Å². The van der Waals surface area contributed by atoms with Crippen LogP contribution in [0.2, 0.25) is 0 Å². The number of para-hydroxylation sites is 2. The van der Waals surface area contributed by atoms with E-state index < -0.39 is 0 Å². The van der Waals surface area contributed by atoms with Crippen LogP contribution in [0.3, 0.4) is 0 Å². The van der Waals surface area contributed by atoms with E-state index in [1.165, 1.54) is 75.0 Å². The number of hydrogen-bond acceptors (Lipinski definition) is 2. The minimum absolute atomic E-state index is 0.861. The van der Waals surface area contributed by atoms with E-state index in [4.69, 9.17) is 4.98 Å². The van der Waals surface area contributed by atoms with Gasteiger partial charge in [0, 0.05) is 6.54 Å². The average molecular weight is 283 g/mol. The molecule has 2 fully saturated rings. The van der Waals surface area contributed by atoms with Crippen LogP contribution in [-0.4, -0.2) is 27.5 Å². The lowest BCUT2D eigenvalue weighted by molar-refractivity contribution is 0.312. The number of hydrogen-bond donors (Lipinski definition) is 0. The molecule has 0 N–H and O–H groups in total. The predicted octanol–water partition coefficient (Wildman–Crippen LogP) is 3.82. The number of likely N-dealkylation sites (tertiary alicyclic amines) is 1. The maximum absolute atomic E-state index is 4.94. The molecule has 0 bridgehead atoms. The summed E-state index contributed by atoms with van der Waals surface area (Å²) in [7, 11) is 0. The summed E-state index contributed by atoms with van der Waals surface area (Å²) in [6, 6.07) is 8.66. The van der Waals surface area contributed by atoms with E-state index in [1.54, 1.807) is 0 Å². The fourth-order valence-corrected chi connectivity index (χ4v) is 4.04. The number of imidazole rings is 1. The van der Waals surface area contributed by atoms with Crippen LogP contribution in [0, 0.1) is 5.92 Å². The smallest absolute Gasteiger partial charge is 0.124 e. The molecule has 4 rings (SSSR count). The fourth-order valence-electron chi connectivity index (χ4n) is 4.04. The third-order valence-electron chi connectivity index (χ3n) is 5.21. The zero-order valence-corrected chi connectivity index (χ0v) is 12.8. The molecule has 0 atom stereocenters. The van der Waals surface area contributed by atoms with Crippen LogP contribution in [0.5, 0.6) is 0 Å². The van der Waals surface area contributed by atoms with Crippen molar-refractivity contribution in [2.75, 3.05) is 13.1 Å². The number of rotatable bonds is 4. The molecule has 2 heterocycles. The Kier molecular flexibility index (Phi) is 3.68. The molecule has 2 aromatic rings. The molecular formula is C18H25N3. The lowest BCUT2D eigenvalue weighted by Gasteiger charge is -2.18. The van der Waals surface area contributed by atoms with Gasteiger partial charge in [-0.1, -0.05) is 25.0 Å². The minimum atomic E-state index is 0.861. The van der Waals surface area contributed by atoms with Crippen molar-refractivity contribution in [3.8, 4) is 0 Å². The SMILES string of the molecule is c1ccc2c(c1)nc(CN1CCCC1)n2CC1CCCC1. The summed E-state index contributed by atoms with van der Waals surface area (Å²) in [4.78, 5) is 7.50. The zero-order chi connectivity index (χ0) is 14.1. The van der Waals surface area contributed by atoms with Gasteiger partial charge in [0.2, 0.25) is 0 Å². The van der Waals surface area contributed by atoms with Gasteiger partial charge in [0.05, 0.1) is 17.6 Å². The third kappa shape index (κ3) is 2.71. The first-order chi connectivity index (χ1) is 10.4. The van der Waals surface area contributed by atoms with Gasteiger partial charge >= 0.3 is 0 Å². The molecule has 2 aliphatic rings. The van der Waals surface area contributed by atoms with E-state index in [2.05, 4.69) is 33.7 Å². The third-order valence-corrected chi connectivity index (χ3v) is 5.21. The summed E-state index contributed by atoms with van der Waals surface area (Å²) in [6.07, 6.45) is 8.33. The van der Waals surface area contributed by atoms with Crippen LogP contribution in [0.25, 0.3) is 11.0 Å². The van der Waals surface area contributed by atoms with E-state index in [-0.39, 0.29) is 0 Å². The summed E-state index contributed by atoms with van der Waals surface area (Å²) >= 11 is 0. The summed E-state index contributed by atoms with van der Waals surface area (Å²) in [5.41, 5.74) is 2.50. The molecule has 1 saturated carbocycles. The predicted molar refractivity (Wildman–Crippen MR) is 86.2 cm³/mol. The van der Waals surface area contributed by atoms with E-state index >= 15 is 0 Å². The molecular weight excluding hydrogens is 258 g/mol. The van der Waals surface area contributed by atoms with Crippen molar-refractivity contribution in [1.29, 1.82) is 0 Å². The van der Waals surface area contributed by atoms with Crippen LogP contribution in [0.1, 0.15) is 44.3 Å². The highest BCUT2D eigenvalue weighted by Crippen LogP contribution is 2.29. The van der Waals surface area contributed by atoms with Crippen molar-refractivity contribution >= 4 is 11.0 Å². The molecule has 0 radical (unpaired) electrons. The van der Waals surface area contributed by atoms with Gasteiger partial charge in [0.15, 0.2) is 0 Å². The number of fused-ring (bicyclic) bond motifs is 1. The molecule has 1 aliphatic carbocycles. The summed E-state index contributed by atoms with van der Waals surface area (Å²) in [6.45, 7) is 4.68. The van der Waals surface area contributed by atoms with Crippen molar-refractivity contribution in [3.05, 3.63) is 30.1 Å². The van der Waals surface area contributed by atoms with E-state index in [9.17, 15) is 0 Å². The monoisotopic (exact) mass is 283 g/mol. The van der Waals surface area contributed by atoms with Crippen LogP contribution >= 0.6 is 0 Å². The van der Waals surface area contributed by atoms with Gasteiger partial charge in [-0.3, -0.25) is 4.90 Å². The van der Waals surface area contributed by atoms with Gasteiger partial charge in [0.25, 0.3) is 0 Å². The second kappa shape index (κ2) is 5.80. The summed E-state index contributed by atoms with van der Waals surface area (Å²) in [5, 5.41) is 0. The van der Waals surface area contributed by atoms with Crippen LogP contribution in [-0.2, 0) is 13.1 Å². The lowest BCUT2D eigenvalue weighted by Crippen LogP contribution is -2.22. The second-order valence-corrected chi connectivity index (χ2v) is 6.76. The van der Waals surface area contributed by atoms with Crippen molar-refractivity contribution in [2.24, 2.45) is 5.92 Å². The molecule has 3 heteroatoms. The summed E-state index contributed by atoms with van der Waals surface area (Å²) < 4.78 is 2.52. The Morgan fingerprint density at radius 1 is 1.00 bits per heavy atom. The molecule has 21 heavy (non-hydrogen) atoms. The highest BCUT2D eigenvalue weighted by atomic mass is 15.2. The topological polar surface area (TPSA) is 21.1 Å². The molecule has 0 amide bonds. The Labute approximate surface area is 127 Å². The first-order valence-corrected chi connectivity index (χ1v) is 8.56. The molecule has 1 aliphatic heterocycles. The highest BCUT2D eigenvalue weighted by molar-refractivity contribution is 5.75. The summed E-state index contributed by atoms with van der Waals surface area (Å²) in [5.74, 6) is 2.14. The quantitative estimate of drug-likeness (QED) is 0.850.